The Morgan fingerprint density at radius 2 is 1.83 bits per heavy atom. The number of nitrogens with one attached hydrogen (secondary N) is 2. The second-order valence-corrected chi connectivity index (χ2v) is 4.81. The van der Waals surface area contributed by atoms with E-state index in [0.29, 0.717) is 16.8 Å². The topological polar surface area (TPSA) is 101 Å². The number of nitro groups is 1. The van der Waals surface area contributed by atoms with Crippen molar-refractivity contribution in [1.29, 1.82) is 0 Å². The quantitative estimate of drug-likeness (QED) is 0.652. The van der Waals surface area contributed by atoms with E-state index in [1.807, 2.05) is 0 Å². The molecule has 23 heavy (non-hydrogen) atoms. The van der Waals surface area contributed by atoms with Crippen molar-refractivity contribution in [2.45, 2.75) is 6.42 Å². The summed E-state index contributed by atoms with van der Waals surface area (Å²) in [5.74, 6) is -0.510. The van der Waals surface area contributed by atoms with E-state index < -0.39 is 4.92 Å². The number of amides is 2. The van der Waals surface area contributed by atoms with Crippen LogP contribution in [0.25, 0.3) is 0 Å². The number of nitro benzene ring substituents is 1. The predicted molar refractivity (Wildman–Crippen MR) is 85.3 cm³/mol. The van der Waals surface area contributed by atoms with Gasteiger partial charge >= 0.3 is 0 Å². The maximum Gasteiger partial charge on any atom is 0.269 e. The molecule has 0 atom stereocenters. The van der Waals surface area contributed by atoms with E-state index in [0.717, 1.165) is 0 Å². The van der Waals surface area contributed by atoms with Gasteiger partial charge in [-0.2, -0.15) is 0 Å². The van der Waals surface area contributed by atoms with Gasteiger partial charge in [-0.25, -0.2) is 0 Å². The molecule has 0 spiro atoms. The molecule has 2 N–H and O–H groups in total. The van der Waals surface area contributed by atoms with Crippen molar-refractivity contribution in [3.8, 4) is 0 Å². The molecule has 0 radical (unpaired) electrons. The third-order valence-corrected chi connectivity index (χ3v) is 3.15. The van der Waals surface area contributed by atoms with Crippen molar-refractivity contribution >= 4 is 23.2 Å². The normalized spacial score (nSPS) is 9.96. The molecular weight excluding hydrogens is 298 g/mol. The Balaban J connectivity index is 2.02. The van der Waals surface area contributed by atoms with Crippen LogP contribution in [-0.2, 0) is 11.2 Å². The molecule has 0 saturated carbocycles. The van der Waals surface area contributed by atoms with Crippen molar-refractivity contribution in [3.05, 3.63) is 69.8 Å². The van der Waals surface area contributed by atoms with Crippen LogP contribution < -0.4 is 10.6 Å². The SMILES string of the molecule is CNC(=O)c1cccc(NC(=O)Cc2ccc([N+](=O)[O-])cc2)c1. The minimum absolute atomic E-state index is 0.0209. The average Bonchev–Trinajstić information content (AvgIpc) is 2.54. The monoisotopic (exact) mass is 313 g/mol. The van der Waals surface area contributed by atoms with Crippen LogP contribution in [0.15, 0.2) is 48.5 Å². The van der Waals surface area contributed by atoms with Gasteiger partial charge < -0.3 is 10.6 Å². The highest BCUT2D eigenvalue weighted by Gasteiger charge is 2.09. The molecule has 2 aromatic carbocycles. The Hall–Kier alpha value is -3.22. The van der Waals surface area contributed by atoms with Gasteiger partial charge in [0.15, 0.2) is 0 Å². The summed E-state index contributed by atoms with van der Waals surface area (Å²) in [4.78, 5) is 33.6. The summed E-state index contributed by atoms with van der Waals surface area (Å²) in [7, 11) is 1.53. The van der Waals surface area contributed by atoms with Gasteiger partial charge in [-0.15, -0.1) is 0 Å². The third kappa shape index (κ3) is 4.37. The molecule has 7 heteroatoms. The molecule has 2 rings (SSSR count). The van der Waals surface area contributed by atoms with Crippen LogP contribution in [0.4, 0.5) is 11.4 Å². The Morgan fingerprint density at radius 1 is 1.13 bits per heavy atom. The Bertz CT molecular complexity index is 741. The van der Waals surface area contributed by atoms with Crippen LogP contribution in [0.2, 0.25) is 0 Å². The summed E-state index contributed by atoms with van der Waals surface area (Å²) in [6, 6.07) is 12.4. The number of carbonyl (C=O) groups is 2. The summed E-state index contributed by atoms with van der Waals surface area (Å²) in [5, 5.41) is 15.8. The number of hydrogen-bond donors (Lipinski definition) is 2. The lowest BCUT2D eigenvalue weighted by atomic mass is 10.1. The largest absolute Gasteiger partial charge is 0.355 e. The molecule has 7 nitrogen and oxygen atoms in total. The Labute approximate surface area is 132 Å². The molecule has 0 bridgehead atoms. The Morgan fingerprint density at radius 3 is 2.43 bits per heavy atom. The molecule has 2 aromatic rings. The molecule has 0 aliphatic rings. The Kier molecular flexibility index (Phi) is 5.03. The molecular formula is C16H15N3O4. The molecule has 118 valence electrons. The number of hydrogen-bond acceptors (Lipinski definition) is 4. The minimum Gasteiger partial charge on any atom is -0.355 e. The lowest BCUT2D eigenvalue weighted by molar-refractivity contribution is -0.384. The molecule has 2 amide bonds. The first-order chi connectivity index (χ1) is 11.0. The minimum atomic E-state index is -0.492. The van der Waals surface area contributed by atoms with Gasteiger partial charge in [0.1, 0.15) is 0 Å². The zero-order valence-corrected chi connectivity index (χ0v) is 12.4. The zero-order chi connectivity index (χ0) is 16.8. The second kappa shape index (κ2) is 7.17. The lowest BCUT2D eigenvalue weighted by Gasteiger charge is -2.07. The van der Waals surface area contributed by atoms with Crippen LogP contribution in [0.5, 0.6) is 0 Å². The van der Waals surface area contributed by atoms with Gasteiger partial charge in [0.05, 0.1) is 11.3 Å². The van der Waals surface area contributed by atoms with Crippen molar-refractivity contribution < 1.29 is 14.5 Å². The molecule has 0 heterocycles. The van der Waals surface area contributed by atoms with E-state index in [1.165, 1.54) is 19.2 Å². The standard InChI is InChI=1S/C16H15N3O4/c1-17-16(21)12-3-2-4-13(10-12)18-15(20)9-11-5-7-14(8-6-11)19(22)23/h2-8,10H,9H2,1H3,(H,17,21)(H,18,20). The number of non-ortho nitro benzene ring substituents is 1. The van der Waals surface area contributed by atoms with Crippen LogP contribution >= 0.6 is 0 Å². The number of nitrogens with zero attached hydrogens (tertiary/aromatic N) is 1. The fourth-order valence-electron chi connectivity index (χ4n) is 2.01. The number of benzene rings is 2. The maximum absolute atomic E-state index is 12.0. The first-order valence-electron chi connectivity index (χ1n) is 6.85. The first-order valence-corrected chi connectivity index (χ1v) is 6.85. The fourth-order valence-corrected chi connectivity index (χ4v) is 2.01. The molecule has 0 fully saturated rings. The van der Waals surface area contributed by atoms with Crippen LogP contribution in [0, 0.1) is 10.1 Å². The first kappa shape index (κ1) is 16.2. The van der Waals surface area contributed by atoms with E-state index >= 15 is 0 Å². The molecule has 0 aliphatic carbocycles. The maximum atomic E-state index is 12.0. The zero-order valence-electron chi connectivity index (χ0n) is 12.4. The van der Waals surface area contributed by atoms with E-state index in [4.69, 9.17) is 0 Å². The van der Waals surface area contributed by atoms with Crippen LogP contribution in [0.1, 0.15) is 15.9 Å². The van der Waals surface area contributed by atoms with E-state index in [1.54, 1.807) is 36.4 Å². The summed E-state index contributed by atoms with van der Waals surface area (Å²) >= 11 is 0. The van der Waals surface area contributed by atoms with Gasteiger partial charge in [0.2, 0.25) is 5.91 Å². The number of carbonyl (C=O) groups excluding carboxylic acids is 2. The van der Waals surface area contributed by atoms with E-state index in [9.17, 15) is 19.7 Å². The summed E-state index contributed by atoms with van der Waals surface area (Å²) in [5.41, 5.74) is 1.60. The smallest absolute Gasteiger partial charge is 0.269 e. The van der Waals surface area contributed by atoms with Gasteiger partial charge in [-0.1, -0.05) is 18.2 Å². The van der Waals surface area contributed by atoms with Gasteiger partial charge in [0, 0.05) is 30.4 Å². The summed E-state index contributed by atoms with van der Waals surface area (Å²) in [6.45, 7) is 0. The van der Waals surface area contributed by atoms with Crippen LogP contribution in [-0.4, -0.2) is 23.8 Å². The lowest BCUT2D eigenvalue weighted by Crippen LogP contribution is -2.19. The number of anilines is 1. The summed E-state index contributed by atoms with van der Waals surface area (Å²) in [6.07, 6.45) is 0.0855. The van der Waals surface area contributed by atoms with E-state index in [-0.39, 0.29) is 23.9 Å². The van der Waals surface area contributed by atoms with Crippen molar-refractivity contribution in [1.82, 2.24) is 5.32 Å². The van der Waals surface area contributed by atoms with Crippen LogP contribution in [0.3, 0.4) is 0 Å². The average molecular weight is 313 g/mol. The molecule has 0 saturated heterocycles. The fraction of sp³-hybridized carbons (Fsp3) is 0.125. The third-order valence-electron chi connectivity index (χ3n) is 3.15. The highest BCUT2D eigenvalue weighted by molar-refractivity contribution is 5.97. The van der Waals surface area contributed by atoms with Crippen molar-refractivity contribution in [2.24, 2.45) is 0 Å². The van der Waals surface area contributed by atoms with Crippen molar-refractivity contribution in [3.63, 3.8) is 0 Å². The molecule has 0 unspecified atom stereocenters. The number of rotatable bonds is 5. The highest BCUT2D eigenvalue weighted by Crippen LogP contribution is 2.14. The predicted octanol–water partition coefficient (Wildman–Crippen LogP) is 2.14. The van der Waals surface area contributed by atoms with Gasteiger partial charge in [0.25, 0.3) is 11.6 Å². The molecule has 0 aliphatic heterocycles. The van der Waals surface area contributed by atoms with Gasteiger partial charge in [-0.05, 0) is 23.8 Å². The second-order valence-electron chi connectivity index (χ2n) is 4.81. The highest BCUT2D eigenvalue weighted by atomic mass is 16.6. The summed E-state index contributed by atoms with van der Waals surface area (Å²) < 4.78 is 0. The van der Waals surface area contributed by atoms with E-state index in [2.05, 4.69) is 10.6 Å². The van der Waals surface area contributed by atoms with Gasteiger partial charge in [-0.3, -0.25) is 19.7 Å². The molecule has 0 aromatic heterocycles. The van der Waals surface area contributed by atoms with Crippen molar-refractivity contribution in [2.75, 3.05) is 12.4 Å².